The van der Waals surface area contributed by atoms with Crippen LogP contribution >= 0.6 is 0 Å². The summed E-state index contributed by atoms with van der Waals surface area (Å²) in [5.74, 6) is 4.09. The first kappa shape index (κ1) is 5.40. The number of fused-ring (bicyclic) bond motifs is 5. The van der Waals surface area contributed by atoms with Crippen LogP contribution < -0.4 is 0 Å². The van der Waals surface area contributed by atoms with Gasteiger partial charge < -0.3 is 0 Å². The summed E-state index contributed by atoms with van der Waals surface area (Å²) in [6, 6.07) is 0. The maximum Gasteiger partial charge on any atom is -0.0131 e. The van der Waals surface area contributed by atoms with Gasteiger partial charge in [0.25, 0.3) is 0 Å². The molecule has 53 valence electrons. The molecule has 3 rings (SSSR count). The van der Waals surface area contributed by atoms with Crippen LogP contribution in [-0.4, -0.2) is 0 Å². The third-order valence-electron chi connectivity index (χ3n) is 3.71. The minimum absolute atomic E-state index is 0.971. The van der Waals surface area contributed by atoms with Crippen molar-refractivity contribution < 1.29 is 0 Å². The van der Waals surface area contributed by atoms with Gasteiger partial charge in [-0.25, -0.2) is 0 Å². The Labute approximate surface area is 62.3 Å². The second kappa shape index (κ2) is 1.66. The van der Waals surface area contributed by atoms with Gasteiger partial charge in [-0.3, -0.25) is 0 Å². The largest absolute Gasteiger partial charge is 0.0845 e. The molecular formula is C10H13. The van der Waals surface area contributed by atoms with Crippen molar-refractivity contribution in [2.45, 2.75) is 19.3 Å². The summed E-state index contributed by atoms with van der Waals surface area (Å²) < 4.78 is 0. The molecule has 1 radical (unpaired) electrons. The summed E-state index contributed by atoms with van der Waals surface area (Å²) >= 11 is 0. The molecule has 2 saturated carbocycles. The Morgan fingerprint density at radius 1 is 1.00 bits per heavy atom. The molecule has 0 saturated heterocycles. The molecule has 10 heavy (non-hydrogen) atoms. The van der Waals surface area contributed by atoms with E-state index in [1.807, 2.05) is 0 Å². The minimum Gasteiger partial charge on any atom is -0.0845 e. The molecule has 0 aromatic carbocycles. The highest BCUT2D eigenvalue weighted by atomic mass is 14.5. The summed E-state index contributed by atoms with van der Waals surface area (Å²) in [4.78, 5) is 0. The molecule has 0 heterocycles. The highest BCUT2D eigenvalue weighted by molar-refractivity contribution is 5.20. The number of hydrogen-bond acceptors (Lipinski definition) is 0. The van der Waals surface area contributed by atoms with Gasteiger partial charge in [-0.15, -0.1) is 0 Å². The van der Waals surface area contributed by atoms with Crippen LogP contribution in [-0.2, 0) is 0 Å². The van der Waals surface area contributed by atoms with Crippen molar-refractivity contribution in [1.82, 2.24) is 0 Å². The summed E-state index contributed by atoms with van der Waals surface area (Å²) in [5, 5.41) is 0. The van der Waals surface area contributed by atoms with E-state index in [1.165, 1.54) is 19.3 Å². The van der Waals surface area contributed by atoms with Crippen LogP contribution in [0.25, 0.3) is 0 Å². The fourth-order valence-electron chi connectivity index (χ4n) is 3.27. The van der Waals surface area contributed by atoms with Crippen LogP contribution in [0, 0.1) is 30.1 Å². The van der Waals surface area contributed by atoms with Crippen LogP contribution in [0.4, 0.5) is 0 Å². The third-order valence-corrected chi connectivity index (χ3v) is 3.71. The van der Waals surface area contributed by atoms with Gasteiger partial charge in [-0.05, 0) is 49.4 Å². The molecule has 0 amide bonds. The Hall–Kier alpha value is -0.260. The lowest BCUT2D eigenvalue weighted by atomic mass is 9.82. The summed E-state index contributed by atoms with van der Waals surface area (Å²) in [7, 11) is 0. The lowest BCUT2D eigenvalue weighted by Crippen LogP contribution is -2.16. The molecule has 3 aliphatic carbocycles. The lowest BCUT2D eigenvalue weighted by Gasteiger charge is -2.23. The normalized spacial score (nSPS) is 56.0. The van der Waals surface area contributed by atoms with E-state index in [0.717, 1.165) is 23.7 Å². The van der Waals surface area contributed by atoms with Gasteiger partial charge in [0.05, 0.1) is 0 Å². The zero-order valence-electron chi connectivity index (χ0n) is 6.16. The Morgan fingerprint density at radius 2 is 1.80 bits per heavy atom. The van der Waals surface area contributed by atoms with Gasteiger partial charge in [0.15, 0.2) is 0 Å². The summed E-state index contributed by atoms with van der Waals surface area (Å²) in [5.41, 5.74) is 0. The van der Waals surface area contributed by atoms with Crippen LogP contribution in [0.15, 0.2) is 12.2 Å². The van der Waals surface area contributed by atoms with E-state index in [2.05, 4.69) is 18.6 Å². The number of rotatable bonds is 0. The second-order valence-corrected chi connectivity index (χ2v) is 4.07. The molecule has 2 fully saturated rings. The van der Waals surface area contributed by atoms with Crippen LogP contribution in [0.3, 0.4) is 0 Å². The molecule has 0 heteroatoms. The van der Waals surface area contributed by atoms with Crippen molar-refractivity contribution in [2.75, 3.05) is 0 Å². The molecule has 4 atom stereocenters. The Balaban J connectivity index is 1.97. The zero-order valence-corrected chi connectivity index (χ0v) is 6.16. The third kappa shape index (κ3) is 0.492. The van der Waals surface area contributed by atoms with Gasteiger partial charge in [0.2, 0.25) is 0 Å². The Morgan fingerprint density at radius 3 is 2.60 bits per heavy atom. The zero-order chi connectivity index (χ0) is 6.55. The van der Waals surface area contributed by atoms with Crippen molar-refractivity contribution in [1.29, 1.82) is 0 Å². The van der Waals surface area contributed by atoms with E-state index in [1.54, 1.807) is 0 Å². The van der Waals surface area contributed by atoms with E-state index in [0.29, 0.717) is 0 Å². The average Bonchev–Trinajstić information content (AvgIpc) is 2.60. The topological polar surface area (TPSA) is 0 Å². The van der Waals surface area contributed by atoms with Crippen molar-refractivity contribution in [3.05, 3.63) is 18.6 Å². The smallest absolute Gasteiger partial charge is 0.0131 e. The minimum atomic E-state index is 0.971. The first-order valence-electron chi connectivity index (χ1n) is 4.47. The monoisotopic (exact) mass is 133 g/mol. The molecule has 2 bridgehead atoms. The number of hydrogen-bond donors (Lipinski definition) is 0. The van der Waals surface area contributed by atoms with Gasteiger partial charge in [-0.1, -0.05) is 12.2 Å². The van der Waals surface area contributed by atoms with Crippen LogP contribution in [0.1, 0.15) is 19.3 Å². The highest BCUT2D eigenvalue weighted by Gasteiger charge is 2.47. The molecule has 3 aliphatic rings. The molecule has 4 unspecified atom stereocenters. The molecule has 0 N–H and O–H groups in total. The van der Waals surface area contributed by atoms with E-state index in [4.69, 9.17) is 0 Å². The van der Waals surface area contributed by atoms with Crippen molar-refractivity contribution in [2.24, 2.45) is 23.7 Å². The first-order chi connectivity index (χ1) is 4.95. The highest BCUT2D eigenvalue weighted by Crippen LogP contribution is 2.55. The van der Waals surface area contributed by atoms with E-state index >= 15 is 0 Å². The predicted molar refractivity (Wildman–Crippen MR) is 41.3 cm³/mol. The van der Waals surface area contributed by atoms with E-state index < -0.39 is 0 Å². The van der Waals surface area contributed by atoms with Gasteiger partial charge in [-0.2, -0.15) is 0 Å². The second-order valence-electron chi connectivity index (χ2n) is 4.07. The van der Waals surface area contributed by atoms with E-state index in [9.17, 15) is 0 Å². The van der Waals surface area contributed by atoms with Crippen molar-refractivity contribution in [3.8, 4) is 0 Å². The fraction of sp³-hybridized carbons (Fsp3) is 0.700. The summed E-state index contributed by atoms with van der Waals surface area (Å²) in [6.45, 7) is 0. The summed E-state index contributed by atoms with van der Waals surface area (Å²) in [6.07, 6.45) is 11.7. The maximum atomic E-state index is 2.44. The molecule has 0 spiro atoms. The number of allylic oxidation sites excluding steroid dienone is 2. The van der Waals surface area contributed by atoms with Crippen molar-refractivity contribution in [3.63, 3.8) is 0 Å². The molecule has 0 aliphatic heterocycles. The standard InChI is InChI=1S/C10H13/c1-2-9-7-4-5-8(6-7)10(9)3-1/h1-3,7-10H,4-6H2. The van der Waals surface area contributed by atoms with Gasteiger partial charge in [0, 0.05) is 0 Å². The molecular weight excluding hydrogens is 120 g/mol. The first-order valence-corrected chi connectivity index (χ1v) is 4.47. The Kier molecular flexibility index (Phi) is 0.898. The maximum absolute atomic E-state index is 2.44. The molecule has 0 aromatic rings. The van der Waals surface area contributed by atoms with Crippen LogP contribution in [0.5, 0.6) is 0 Å². The molecule has 0 aromatic heterocycles. The van der Waals surface area contributed by atoms with Crippen molar-refractivity contribution >= 4 is 0 Å². The van der Waals surface area contributed by atoms with Gasteiger partial charge >= 0.3 is 0 Å². The van der Waals surface area contributed by atoms with Crippen LogP contribution in [0.2, 0.25) is 0 Å². The fourth-order valence-corrected chi connectivity index (χ4v) is 3.27. The average molecular weight is 133 g/mol. The predicted octanol–water partition coefficient (Wildman–Crippen LogP) is 2.42. The molecule has 0 nitrogen and oxygen atoms in total. The quantitative estimate of drug-likeness (QED) is 0.476. The lowest BCUT2D eigenvalue weighted by molar-refractivity contribution is 0.318. The van der Waals surface area contributed by atoms with E-state index in [-0.39, 0.29) is 0 Å². The Bertz CT molecular complexity index is 180. The van der Waals surface area contributed by atoms with Gasteiger partial charge in [0.1, 0.15) is 0 Å². The SMILES string of the molecule is [CH]1C=CC2C3CCC(C3)C12.